The highest BCUT2D eigenvalue weighted by atomic mass is 32.2. The number of guanidine groups is 1. The van der Waals surface area contributed by atoms with Gasteiger partial charge in [0.2, 0.25) is 0 Å². The molecular formula is C27H23N7O2S2. The molecule has 0 aliphatic heterocycles. The molecule has 11 heteroatoms. The fraction of sp³-hybridized carbons (Fsp3) is 0.0370. The minimum atomic E-state index is -3.64. The zero-order chi connectivity index (χ0) is 26.5. The van der Waals surface area contributed by atoms with Gasteiger partial charge in [-0.15, -0.1) is 21.5 Å². The Morgan fingerprint density at radius 3 is 2.24 bits per heavy atom. The van der Waals surface area contributed by atoms with Crippen LogP contribution < -0.4 is 16.8 Å². The number of benzene rings is 3. The molecule has 0 atom stereocenters. The Labute approximate surface area is 223 Å². The summed E-state index contributed by atoms with van der Waals surface area (Å²) in [6, 6.07) is 26.8. The quantitative estimate of drug-likeness (QED) is 0.195. The summed E-state index contributed by atoms with van der Waals surface area (Å²) in [6.07, 6.45) is 0. The molecule has 38 heavy (non-hydrogen) atoms. The van der Waals surface area contributed by atoms with Crippen LogP contribution in [0.5, 0.6) is 0 Å². The molecule has 0 saturated carbocycles. The number of thiazole rings is 1. The van der Waals surface area contributed by atoms with Crippen molar-refractivity contribution in [2.75, 3.05) is 11.1 Å². The number of nitrogens with two attached hydrogens (primary N) is 2. The summed E-state index contributed by atoms with van der Waals surface area (Å²) in [6.45, 7) is 0. The van der Waals surface area contributed by atoms with Crippen LogP contribution in [0, 0.1) is 0 Å². The van der Waals surface area contributed by atoms with E-state index in [4.69, 9.17) is 11.5 Å². The van der Waals surface area contributed by atoms with Gasteiger partial charge in [0, 0.05) is 22.2 Å². The summed E-state index contributed by atoms with van der Waals surface area (Å²) in [7, 11) is -3.64. The lowest BCUT2D eigenvalue weighted by Crippen LogP contribution is -2.23. The fourth-order valence-corrected chi connectivity index (χ4v) is 5.70. The second kappa shape index (κ2) is 10.8. The number of anilines is 2. The number of hydrogen-bond donors (Lipinski definition) is 3. The van der Waals surface area contributed by atoms with Gasteiger partial charge < -0.3 is 16.8 Å². The highest BCUT2D eigenvalue weighted by Crippen LogP contribution is 2.27. The molecule has 0 saturated heterocycles. The van der Waals surface area contributed by atoms with Crippen LogP contribution in [0.15, 0.2) is 106 Å². The second-order valence-corrected chi connectivity index (χ2v) is 11.2. The van der Waals surface area contributed by atoms with Gasteiger partial charge in [0.25, 0.3) is 0 Å². The summed E-state index contributed by atoms with van der Waals surface area (Å²) in [5.74, 6) is 0.156. The minimum absolute atomic E-state index is 0.0588. The number of nitrogens with zero attached hydrogens (tertiary/aromatic N) is 4. The topological polar surface area (TPSA) is 149 Å². The van der Waals surface area contributed by atoms with E-state index in [0.717, 1.165) is 16.8 Å². The standard InChI is InChI=1S/C27H23N7O2S2/c28-26(32-25-15-14-23(33-34-25)18-6-2-1-3-7-18)30-22-9-5-4-8-20(22)17-38(35,36)21-12-10-19(11-13-21)24-16-37-27(29)31-24/h1-16H,17H2,(H2,29,31)(H3,28,30,32,34). The van der Waals surface area contributed by atoms with Crippen molar-refractivity contribution >= 4 is 43.8 Å². The van der Waals surface area contributed by atoms with Gasteiger partial charge in [0.1, 0.15) is 0 Å². The first-order valence-electron chi connectivity index (χ1n) is 11.5. The lowest BCUT2D eigenvalue weighted by Gasteiger charge is -2.12. The van der Waals surface area contributed by atoms with E-state index in [1.54, 1.807) is 54.6 Å². The van der Waals surface area contributed by atoms with E-state index in [2.05, 4.69) is 25.5 Å². The molecule has 0 unspecified atom stereocenters. The maximum absolute atomic E-state index is 13.2. The van der Waals surface area contributed by atoms with Gasteiger partial charge in [0.15, 0.2) is 26.7 Å². The Morgan fingerprint density at radius 2 is 1.55 bits per heavy atom. The average Bonchev–Trinajstić information content (AvgIpc) is 3.37. The molecule has 5 N–H and O–H groups in total. The van der Waals surface area contributed by atoms with Gasteiger partial charge in [-0.3, -0.25) is 0 Å². The van der Waals surface area contributed by atoms with E-state index in [-0.39, 0.29) is 16.6 Å². The van der Waals surface area contributed by atoms with Crippen molar-refractivity contribution in [3.63, 3.8) is 0 Å². The summed E-state index contributed by atoms with van der Waals surface area (Å²) in [5.41, 5.74) is 16.1. The molecule has 0 amide bonds. The number of aliphatic imine (C=N–C) groups is 1. The number of aromatic nitrogens is 3. The first-order valence-corrected chi connectivity index (χ1v) is 14.0. The van der Waals surface area contributed by atoms with E-state index >= 15 is 0 Å². The highest BCUT2D eigenvalue weighted by molar-refractivity contribution is 7.90. The Balaban J connectivity index is 1.31. The maximum Gasteiger partial charge on any atom is 0.199 e. The number of hydrogen-bond acceptors (Lipinski definition) is 8. The van der Waals surface area contributed by atoms with Crippen molar-refractivity contribution in [1.82, 2.24) is 15.2 Å². The zero-order valence-corrected chi connectivity index (χ0v) is 21.7. The number of para-hydroxylation sites is 1. The van der Waals surface area contributed by atoms with E-state index in [1.165, 1.54) is 11.3 Å². The summed E-state index contributed by atoms with van der Waals surface area (Å²) in [5, 5.41) is 13.6. The normalized spacial score (nSPS) is 11.8. The predicted molar refractivity (Wildman–Crippen MR) is 152 cm³/mol. The van der Waals surface area contributed by atoms with Crippen LogP contribution in [0.4, 0.5) is 16.6 Å². The molecule has 0 fully saturated rings. The molecular weight excluding hydrogens is 518 g/mol. The zero-order valence-electron chi connectivity index (χ0n) is 20.0. The Bertz CT molecular complexity index is 1680. The van der Waals surface area contributed by atoms with Crippen LogP contribution in [0.25, 0.3) is 22.5 Å². The van der Waals surface area contributed by atoms with Crippen molar-refractivity contribution in [1.29, 1.82) is 0 Å². The van der Waals surface area contributed by atoms with E-state index in [1.807, 2.05) is 41.8 Å². The molecule has 9 nitrogen and oxygen atoms in total. The molecule has 0 radical (unpaired) electrons. The highest BCUT2D eigenvalue weighted by Gasteiger charge is 2.18. The average molecular weight is 542 g/mol. The largest absolute Gasteiger partial charge is 0.375 e. The van der Waals surface area contributed by atoms with E-state index in [9.17, 15) is 8.42 Å². The van der Waals surface area contributed by atoms with Crippen LogP contribution in [0.1, 0.15) is 5.56 Å². The molecule has 0 aliphatic carbocycles. The maximum atomic E-state index is 13.2. The van der Waals surface area contributed by atoms with Crippen LogP contribution >= 0.6 is 11.3 Å². The molecule has 5 aromatic rings. The number of sulfone groups is 1. The van der Waals surface area contributed by atoms with E-state index in [0.29, 0.717) is 27.9 Å². The molecule has 3 aromatic carbocycles. The van der Waals surface area contributed by atoms with Crippen molar-refractivity contribution in [2.24, 2.45) is 10.7 Å². The molecule has 2 heterocycles. The number of nitrogens with one attached hydrogen (secondary N) is 1. The van der Waals surface area contributed by atoms with Crippen LogP contribution in [0.2, 0.25) is 0 Å². The first-order chi connectivity index (χ1) is 18.4. The van der Waals surface area contributed by atoms with Crippen molar-refractivity contribution in [3.05, 3.63) is 102 Å². The van der Waals surface area contributed by atoms with Gasteiger partial charge in [0.05, 0.1) is 22.0 Å². The monoisotopic (exact) mass is 541 g/mol. The lowest BCUT2D eigenvalue weighted by atomic mass is 10.1. The van der Waals surface area contributed by atoms with Gasteiger partial charge >= 0.3 is 0 Å². The third kappa shape index (κ3) is 5.85. The van der Waals surface area contributed by atoms with Crippen molar-refractivity contribution in [3.8, 4) is 22.5 Å². The summed E-state index contributed by atoms with van der Waals surface area (Å²) in [4.78, 5) is 8.71. The third-order valence-corrected chi connectivity index (χ3v) is 7.97. The van der Waals surface area contributed by atoms with Gasteiger partial charge in [-0.2, -0.15) is 4.99 Å². The summed E-state index contributed by atoms with van der Waals surface area (Å²) >= 11 is 1.33. The van der Waals surface area contributed by atoms with Gasteiger partial charge in [-0.25, -0.2) is 13.4 Å². The molecule has 0 aliphatic rings. The van der Waals surface area contributed by atoms with Gasteiger partial charge in [-0.1, -0.05) is 60.7 Å². The SMILES string of the molecule is NC(=Nc1ccc(-c2ccccc2)nn1)Nc1ccccc1CS(=O)(=O)c1ccc(-c2csc(N)n2)cc1. The Hall–Kier alpha value is -4.61. The molecule has 2 aromatic heterocycles. The van der Waals surface area contributed by atoms with Gasteiger partial charge in [-0.05, 0) is 35.9 Å². The molecule has 5 rings (SSSR count). The fourth-order valence-electron chi connectivity index (χ4n) is 3.75. The van der Waals surface area contributed by atoms with E-state index < -0.39 is 9.84 Å². The first kappa shape index (κ1) is 25.1. The smallest absolute Gasteiger partial charge is 0.199 e. The molecule has 190 valence electrons. The minimum Gasteiger partial charge on any atom is -0.375 e. The van der Waals surface area contributed by atoms with Crippen molar-refractivity contribution < 1.29 is 8.42 Å². The number of nitrogen functional groups attached to an aromatic ring is 1. The predicted octanol–water partition coefficient (Wildman–Crippen LogP) is 4.88. The molecule has 0 bridgehead atoms. The summed E-state index contributed by atoms with van der Waals surface area (Å²) < 4.78 is 26.4. The molecule has 0 spiro atoms. The second-order valence-electron chi connectivity index (χ2n) is 8.28. The van der Waals surface area contributed by atoms with Crippen LogP contribution in [-0.2, 0) is 15.6 Å². The Kier molecular flexibility index (Phi) is 7.11. The van der Waals surface area contributed by atoms with Crippen molar-refractivity contribution in [2.45, 2.75) is 10.6 Å². The Morgan fingerprint density at radius 1 is 0.842 bits per heavy atom. The third-order valence-electron chi connectivity index (χ3n) is 5.61. The number of rotatable bonds is 7. The van der Waals surface area contributed by atoms with Crippen LogP contribution in [0.3, 0.4) is 0 Å². The lowest BCUT2D eigenvalue weighted by molar-refractivity contribution is 0.595. The van der Waals surface area contributed by atoms with Crippen LogP contribution in [-0.4, -0.2) is 29.6 Å².